The van der Waals surface area contributed by atoms with Crippen molar-refractivity contribution in [3.8, 4) is 0 Å². The maximum Gasteiger partial charge on any atom is 0.407 e. The first-order valence-corrected chi connectivity index (χ1v) is 20.7. The molecule has 0 radical (unpaired) electrons. The van der Waals surface area contributed by atoms with E-state index >= 15 is 4.79 Å². The Hall–Kier alpha value is -5.16. The summed E-state index contributed by atoms with van der Waals surface area (Å²) in [5.74, 6) is -6.29. The summed E-state index contributed by atoms with van der Waals surface area (Å²) in [6.45, 7) is 13.5. The lowest BCUT2D eigenvalue weighted by Gasteiger charge is -2.67. The molecule has 2 aromatic carbocycles. The largest absolute Gasteiger partial charge is 0.456 e. The van der Waals surface area contributed by atoms with Gasteiger partial charge in [0.1, 0.15) is 23.9 Å². The first kappa shape index (κ1) is 46.3. The summed E-state index contributed by atoms with van der Waals surface area (Å²) >= 11 is 0. The minimum atomic E-state index is -2.40. The van der Waals surface area contributed by atoms with Crippen LogP contribution in [0.3, 0.4) is 0 Å². The first-order valence-electron chi connectivity index (χ1n) is 20.7. The molecule has 4 aliphatic rings. The van der Waals surface area contributed by atoms with Crippen molar-refractivity contribution in [1.29, 1.82) is 0 Å². The topological polar surface area (TPSA) is 231 Å². The number of nitrogens with one attached hydrogen (secondary N) is 1. The number of amides is 1. The Bertz CT molecular complexity index is 2110. The van der Waals surface area contributed by atoms with Gasteiger partial charge in [0.25, 0.3) is 0 Å². The number of ketones is 1. The molecule has 1 amide bonds. The Labute approximate surface area is 360 Å². The second-order valence-corrected chi connectivity index (χ2v) is 18.8. The van der Waals surface area contributed by atoms with Crippen molar-refractivity contribution >= 4 is 35.8 Å². The van der Waals surface area contributed by atoms with E-state index in [4.69, 9.17) is 28.4 Å². The quantitative estimate of drug-likeness (QED) is 0.150. The predicted molar refractivity (Wildman–Crippen MR) is 218 cm³/mol. The fraction of sp³-hybridized carbons (Fsp3) is 0.565. The molecule has 4 N–H and O–H groups in total. The van der Waals surface area contributed by atoms with Crippen molar-refractivity contribution in [3.63, 3.8) is 0 Å². The van der Waals surface area contributed by atoms with Gasteiger partial charge >= 0.3 is 30.0 Å². The SMILES string of the molecule is CC(=O)OC1C(=O)[C@]2(C)C(O)CC3OC[C@@]3(OC(C)=O)C2C(OC(=O)c2ccccc2)C2(O)CC(OC(=O)C(O)C(NC(=O)OCC(C)(C)C)c3ccccc3)C(C)=C1C2(C)C. The van der Waals surface area contributed by atoms with Crippen molar-refractivity contribution in [3.05, 3.63) is 82.9 Å². The number of ether oxygens (including phenoxy) is 6. The van der Waals surface area contributed by atoms with Crippen molar-refractivity contribution < 1.29 is 72.5 Å². The molecular weight excluding hydrogens is 806 g/mol. The summed E-state index contributed by atoms with van der Waals surface area (Å²) < 4.78 is 35.6. The highest BCUT2D eigenvalue weighted by Crippen LogP contribution is 2.64. The lowest BCUT2D eigenvalue weighted by molar-refractivity contribution is -0.346. The van der Waals surface area contributed by atoms with E-state index in [1.165, 1.54) is 26.0 Å². The molecule has 0 spiro atoms. The number of hydrogen-bond donors (Lipinski definition) is 4. The summed E-state index contributed by atoms with van der Waals surface area (Å²) in [7, 11) is 0. The number of fused-ring (bicyclic) bond motifs is 5. The van der Waals surface area contributed by atoms with Crippen LogP contribution in [0.4, 0.5) is 4.79 Å². The van der Waals surface area contributed by atoms with Gasteiger partial charge in [-0.15, -0.1) is 0 Å². The number of aliphatic hydroxyl groups excluding tert-OH is 2. The Morgan fingerprint density at radius 2 is 1.53 bits per heavy atom. The molecule has 2 bridgehead atoms. The molecule has 9 unspecified atom stereocenters. The van der Waals surface area contributed by atoms with Gasteiger partial charge in [-0.25, -0.2) is 14.4 Å². The molecule has 2 aromatic rings. The number of carbonyl (C=O) groups is 6. The number of hydrogen-bond acceptors (Lipinski definition) is 15. The first-order chi connectivity index (χ1) is 28.9. The molecule has 16 heteroatoms. The minimum Gasteiger partial charge on any atom is -0.456 e. The maximum absolute atomic E-state index is 15.5. The normalized spacial score (nSPS) is 32.2. The molecule has 1 saturated heterocycles. The van der Waals surface area contributed by atoms with Crippen LogP contribution in [0.5, 0.6) is 0 Å². The highest BCUT2D eigenvalue weighted by atomic mass is 16.6. The van der Waals surface area contributed by atoms with Crippen molar-refractivity contribution in [1.82, 2.24) is 5.32 Å². The van der Waals surface area contributed by atoms with Crippen molar-refractivity contribution in [2.75, 3.05) is 13.2 Å². The summed E-state index contributed by atoms with van der Waals surface area (Å²) in [5, 5.41) is 40.0. The van der Waals surface area contributed by atoms with E-state index in [0.29, 0.717) is 5.56 Å². The average Bonchev–Trinajstić information content (AvgIpc) is 3.20. The monoisotopic (exact) mass is 863 g/mol. The molecule has 3 aliphatic carbocycles. The van der Waals surface area contributed by atoms with E-state index in [9.17, 15) is 39.3 Å². The third-order valence-corrected chi connectivity index (χ3v) is 13.1. The molecule has 62 heavy (non-hydrogen) atoms. The van der Waals surface area contributed by atoms with Crippen LogP contribution in [0, 0.1) is 22.2 Å². The van der Waals surface area contributed by atoms with Crippen LogP contribution in [0.2, 0.25) is 0 Å². The van der Waals surface area contributed by atoms with Crippen molar-refractivity contribution in [2.24, 2.45) is 22.2 Å². The number of aliphatic hydroxyl groups is 3. The van der Waals surface area contributed by atoms with Crippen LogP contribution in [-0.4, -0.2) is 112 Å². The molecule has 0 aromatic heterocycles. The van der Waals surface area contributed by atoms with Crippen LogP contribution >= 0.6 is 0 Å². The Morgan fingerprint density at radius 1 is 0.919 bits per heavy atom. The zero-order valence-corrected chi connectivity index (χ0v) is 36.5. The molecule has 11 atom stereocenters. The van der Waals surface area contributed by atoms with Gasteiger partial charge in [-0.2, -0.15) is 0 Å². The van der Waals surface area contributed by atoms with Crippen LogP contribution in [0.15, 0.2) is 71.8 Å². The van der Waals surface area contributed by atoms with Crippen LogP contribution in [-0.2, 0) is 47.6 Å². The maximum atomic E-state index is 15.5. The van der Waals surface area contributed by atoms with Crippen LogP contribution in [0.1, 0.15) is 97.1 Å². The van der Waals surface area contributed by atoms with Crippen molar-refractivity contribution in [2.45, 2.75) is 129 Å². The van der Waals surface area contributed by atoms with Gasteiger partial charge in [0, 0.05) is 32.1 Å². The summed E-state index contributed by atoms with van der Waals surface area (Å²) in [6, 6.07) is 14.6. The van der Waals surface area contributed by atoms with Crippen LogP contribution < -0.4 is 5.32 Å². The zero-order chi connectivity index (χ0) is 45.7. The molecule has 16 nitrogen and oxygen atoms in total. The number of benzene rings is 2. The molecule has 1 aliphatic heterocycles. The van der Waals surface area contributed by atoms with Gasteiger partial charge in [-0.3, -0.25) is 14.4 Å². The summed E-state index contributed by atoms with van der Waals surface area (Å²) in [6.07, 6.45) is -11.5. The van der Waals surface area contributed by atoms with E-state index in [0.717, 1.165) is 13.8 Å². The van der Waals surface area contributed by atoms with Gasteiger partial charge in [0.05, 0.1) is 42.3 Å². The minimum absolute atomic E-state index is 0.0108. The molecular formula is C46H57NO15. The van der Waals surface area contributed by atoms with Gasteiger partial charge in [-0.05, 0) is 48.1 Å². The Kier molecular flexibility index (Phi) is 12.6. The van der Waals surface area contributed by atoms with E-state index in [2.05, 4.69) is 5.32 Å². The van der Waals surface area contributed by atoms with Gasteiger partial charge in [-0.1, -0.05) is 83.1 Å². The Morgan fingerprint density at radius 3 is 2.08 bits per heavy atom. The number of Topliss-reactive ketones (excluding diaryl/α,β-unsaturated/α-hetero) is 1. The molecule has 6 rings (SSSR count). The number of esters is 4. The fourth-order valence-electron chi connectivity index (χ4n) is 9.82. The lowest BCUT2D eigenvalue weighted by Crippen LogP contribution is -2.82. The van der Waals surface area contributed by atoms with E-state index in [1.807, 2.05) is 20.8 Å². The second-order valence-electron chi connectivity index (χ2n) is 18.8. The van der Waals surface area contributed by atoms with Crippen LogP contribution in [0.25, 0.3) is 0 Å². The van der Waals surface area contributed by atoms with E-state index < -0.39 is 118 Å². The molecule has 2 saturated carbocycles. The lowest BCUT2D eigenvalue weighted by atomic mass is 9.44. The number of alkyl carbamates (subject to hydrolysis) is 1. The zero-order valence-electron chi connectivity index (χ0n) is 36.5. The van der Waals surface area contributed by atoms with Gasteiger partial charge in [0.2, 0.25) is 0 Å². The standard InChI is InChI=1S/C46H57NO15/c1-24-29(60-40(54)34(51)33(27-16-12-10-13-17-27)47-41(55)58-22-42(4,5)6)21-46(56)38(61-39(53)28-18-14-11-15-19-28)36-44(9,30(50)20-31-45(36,23-57-31)62-26(3)49)37(52)35(59-25(2)48)32(24)43(46,7)8/h10-19,29-31,33-36,38,50-51,56H,20-23H2,1-9H3,(H,47,55)/t29?,30?,31?,33?,34?,35?,36?,38?,44-,45+,46?/m1/s1. The summed E-state index contributed by atoms with van der Waals surface area (Å²) in [5.41, 5.74) is -7.76. The summed E-state index contributed by atoms with van der Waals surface area (Å²) in [4.78, 5) is 83.0. The Balaban J connectivity index is 1.52. The average molecular weight is 864 g/mol. The molecule has 336 valence electrons. The van der Waals surface area contributed by atoms with E-state index in [1.54, 1.807) is 62.4 Å². The van der Waals surface area contributed by atoms with Gasteiger partial charge < -0.3 is 49.1 Å². The number of carbonyl (C=O) groups excluding carboxylic acids is 6. The highest BCUT2D eigenvalue weighted by Gasteiger charge is 2.78. The predicted octanol–water partition coefficient (Wildman–Crippen LogP) is 4.08. The molecule has 1 heterocycles. The highest BCUT2D eigenvalue weighted by molar-refractivity contribution is 5.95. The molecule has 3 fully saturated rings. The fourth-order valence-corrected chi connectivity index (χ4v) is 9.82. The third-order valence-electron chi connectivity index (χ3n) is 13.1. The third kappa shape index (κ3) is 8.13. The number of rotatable bonds is 10. The van der Waals surface area contributed by atoms with Gasteiger partial charge in [0.15, 0.2) is 23.6 Å². The second kappa shape index (κ2) is 16.8. The van der Waals surface area contributed by atoms with E-state index in [-0.39, 0.29) is 36.3 Å². The smallest absolute Gasteiger partial charge is 0.407 e.